The summed E-state index contributed by atoms with van der Waals surface area (Å²) in [4.78, 5) is 21.3. The fourth-order valence-electron chi connectivity index (χ4n) is 3.36. The molecule has 0 saturated carbocycles. The first-order valence-corrected chi connectivity index (χ1v) is 10.5. The number of carbonyl (C=O) groups excluding carboxylic acids is 1. The van der Waals surface area contributed by atoms with Gasteiger partial charge in [0, 0.05) is 31.2 Å². The largest absolute Gasteiger partial charge is 0.484 e. The van der Waals surface area contributed by atoms with Crippen molar-refractivity contribution in [1.82, 2.24) is 9.88 Å². The first kappa shape index (κ1) is 19.0. The zero-order chi connectivity index (χ0) is 19.7. The van der Waals surface area contributed by atoms with E-state index in [1.165, 1.54) is 5.56 Å². The molecule has 1 aromatic heterocycles. The summed E-state index contributed by atoms with van der Waals surface area (Å²) in [6.45, 7) is 6.99. The molecule has 0 bridgehead atoms. The summed E-state index contributed by atoms with van der Waals surface area (Å²) in [5, 5.41) is 1.71. The number of thiazole rings is 1. The minimum atomic E-state index is 0.0238. The van der Waals surface area contributed by atoms with Crippen LogP contribution in [0.25, 0.3) is 10.2 Å². The third-order valence-electron chi connectivity index (χ3n) is 4.92. The zero-order valence-electron chi connectivity index (χ0n) is 15.9. The van der Waals surface area contributed by atoms with Gasteiger partial charge in [-0.25, -0.2) is 4.98 Å². The molecule has 0 N–H and O–H groups in total. The van der Waals surface area contributed by atoms with Crippen molar-refractivity contribution in [3.05, 3.63) is 52.5 Å². The average molecular weight is 416 g/mol. The topological polar surface area (TPSA) is 45.7 Å². The number of carbonyl (C=O) groups is 1. The standard InChI is InChI=1S/C21H22ClN3O2S/c1-14-3-6-18(15(2)11-14)27-13-20(26)24-7-9-25(10-8-24)21-23-17-5-4-16(22)12-19(17)28-21/h3-6,11-12H,7-10,13H2,1-2H3. The number of amides is 1. The summed E-state index contributed by atoms with van der Waals surface area (Å²) in [5.74, 6) is 0.793. The Morgan fingerprint density at radius 3 is 2.68 bits per heavy atom. The Balaban J connectivity index is 1.33. The van der Waals surface area contributed by atoms with Crippen molar-refractivity contribution >= 4 is 44.2 Å². The van der Waals surface area contributed by atoms with Crippen LogP contribution < -0.4 is 9.64 Å². The normalized spacial score (nSPS) is 14.5. The first-order valence-electron chi connectivity index (χ1n) is 9.28. The van der Waals surface area contributed by atoms with Crippen LogP contribution in [0.1, 0.15) is 11.1 Å². The Morgan fingerprint density at radius 1 is 1.14 bits per heavy atom. The highest BCUT2D eigenvalue weighted by atomic mass is 35.5. The van der Waals surface area contributed by atoms with E-state index in [1.807, 2.05) is 49.1 Å². The Labute approximate surface area is 173 Å². The van der Waals surface area contributed by atoms with Crippen LogP contribution in [0.5, 0.6) is 5.75 Å². The van der Waals surface area contributed by atoms with Crippen molar-refractivity contribution in [2.75, 3.05) is 37.7 Å². The summed E-state index contributed by atoms with van der Waals surface area (Å²) >= 11 is 7.71. The lowest BCUT2D eigenvalue weighted by Gasteiger charge is -2.34. The maximum Gasteiger partial charge on any atom is 0.260 e. The summed E-state index contributed by atoms with van der Waals surface area (Å²) in [6, 6.07) is 11.7. The first-order chi connectivity index (χ1) is 13.5. The predicted molar refractivity (Wildman–Crippen MR) is 115 cm³/mol. The van der Waals surface area contributed by atoms with Crippen LogP contribution in [0.3, 0.4) is 0 Å². The van der Waals surface area contributed by atoms with Crippen LogP contribution in [-0.4, -0.2) is 48.6 Å². The molecule has 2 heterocycles. The van der Waals surface area contributed by atoms with Gasteiger partial charge in [0.2, 0.25) is 0 Å². The van der Waals surface area contributed by atoms with E-state index < -0.39 is 0 Å². The van der Waals surface area contributed by atoms with Gasteiger partial charge in [-0.15, -0.1) is 0 Å². The predicted octanol–water partition coefficient (Wildman–Crippen LogP) is 4.29. The van der Waals surface area contributed by atoms with Crippen LogP contribution in [0.4, 0.5) is 5.13 Å². The van der Waals surface area contributed by atoms with Crippen molar-refractivity contribution in [3.8, 4) is 5.75 Å². The molecule has 2 aromatic carbocycles. The van der Waals surface area contributed by atoms with Crippen LogP contribution in [0, 0.1) is 13.8 Å². The van der Waals surface area contributed by atoms with E-state index in [1.54, 1.807) is 11.3 Å². The molecule has 7 heteroatoms. The van der Waals surface area contributed by atoms with Gasteiger partial charge in [-0.05, 0) is 43.7 Å². The molecule has 5 nitrogen and oxygen atoms in total. The number of piperazine rings is 1. The third kappa shape index (κ3) is 4.08. The second kappa shape index (κ2) is 7.97. The molecule has 1 saturated heterocycles. The molecule has 146 valence electrons. The lowest BCUT2D eigenvalue weighted by Crippen LogP contribution is -2.50. The van der Waals surface area contributed by atoms with Crippen molar-refractivity contribution in [2.24, 2.45) is 0 Å². The minimum Gasteiger partial charge on any atom is -0.484 e. The van der Waals surface area contributed by atoms with E-state index in [2.05, 4.69) is 11.0 Å². The lowest BCUT2D eigenvalue weighted by atomic mass is 10.1. The number of nitrogens with zero attached hydrogens (tertiary/aromatic N) is 3. The van der Waals surface area contributed by atoms with Crippen LogP contribution in [0.2, 0.25) is 5.02 Å². The highest BCUT2D eigenvalue weighted by molar-refractivity contribution is 7.22. The molecule has 3 aromatic rings. The monoisotopic (exact) mass is 415 g/mol. The maximum atomic E-state index is 12.5. The number of halogens is 1. The van der Waals surface area contributed by atoms with Crippen molar-refractivity contribution in [2.45, 2.75) is 13.8 Å². The minimum absolute atomic E-state index is 0.0238. The van der Waals surface area contributed by atoms with E-state index in [4.69, 9.17) is 21.3 Å². The molecule has 1 aliphatic rings. The van der Waals surface area contributed by atoms with Crippen LogP contribution in [-0.2, 0) is 4.79 Å². The van der Waals surface area contributed by atoms with E-state index in [9.17, 15) is 4.79 Å². The summed E-state index contributed by atoms with van der Waals surface area (Å²) in [6.07, 6.45) is 0. The lowest BCUT2D eigenvalue weighted by molar-refractivity contribution is -0.133. The SMILES string of the molecule is Cc1ccc(OCC(=O)N2CCN(c3nc4ccc(Cl)cc4s3)CC2)c(C)c1. The molecule has 1 aliphatic heterocycles. The van der Waals surface area contributed by atoms with Crippen molar-refractivity contribution in [3.63, 3.8) is 0 Å². The molecular weight excluding hydrogens is 394 g/mol. The second-order valence-corrected chi connectivity index (χ2v) is 8.48. The highest BCUT2D eigenvalue weighted by Crippen LogP contribution is 2.31. The van der Waals surface area contributed by atoms with Gasteiger partial charge in [0.25, 0.3) is 5.91 Å². The molecule has 28 heavy (non-hydrogen) atoms. The number of aromatic nitrogens is 1. The number of hydrogen-bond donors (Lipinski definition) is 0. The number of ether oxygens (including phenoxy) is 1. The number of fused-ring (bicyclic) bond motifs is 1. The zero-order valence-corrected chi connectivity index (χ0v) is 17.5. The van der Waals surface area contributed by atoms with Crippen LogP contribution >= 0.6 is 22.9 Å². The molecular formula is C21H22ClN3O2S. The fraction of sp³-hybridized carbons (Fsp3) is 0.333. The molecule has 0 atom stereocenters. The Morgan fingerprint density at radius 2 is 1.93 bits per heavy atom. The summed E-state index contributed by atoms with van der Waals surface area (Å²) in [7, 11) is 0. The number of benzene rings is 2. The molecule has 1 fully saturated rings. The van der Waals surface area contributed by atoms with Gasteiger partial charge in [0.15, 0.2) is 11.7 Å². The number of hydrogen-bond acceptors (Lipinski definition) is 5. The van der Waals surface area contributed by atoms with Crippen molar-refractivity contribution < 1.29 is 9.53 Å². The highest BCUT2D eigenvalue weighted by Gasteiger charge is 2.23. The van der Waals surface area contributed by atoms with Gasteiger partial charge in [-0.2, -0.15) is 0 Å². The Kier molecular flexibility index (Phi) is 5.42. The number of aryl methyl sites for hydroxylation is 2. The number of anilines is 1. The van der Waals surface area contributed by atoms with Gasteiger partial charge in [-0.1, -0.05) is 40.6 Å². The average Bonchev–Trinajstić information content (AvgIpc) is 3.10. The van der Waals surface area contributed by atoms with E-state index in [-0.39, 0.29) is 12.5 Å². The number of rotatable bonds is 4. The molecule has 4 rings (SSSR count). The van der Waals surface area contributed by atoms with E-state index >= 15 is 0 Å². The van der Waals surface area contributed by atoms with Gasteiger partial charge in [0.1, 0.15) is 5.75 Å². The fourth-order valence-corrected chi connectivity index (χ4v) is 4.65. The van der Waals surface area contributed by atoms with Gasteiger partial charge >= 0.3 is 0 Å². The smallest absolute Gasteiger partial charge is 0.260 e. The van der Waals surface area contributed by atoms with Crippen LogP contribution in [0.15, 0.2) is 36.4 Å². The molecule has 1 amide bonds. The quantitative estimate of drug-likeness (QED) is 0.637. The van der Waals surface area contributed by atoms with Gasteiger partial charge < -0.3 is 14.5 Å². The van der Waals surface area contributed by atoms with Gasteiger partial charge in [-0.3, -0.25) is 4.79 Å². The molecule has 0 radical (unpaired) electrons. The third-order valence-corrected chi connectivity index (χ3v) is 6.24. The maximum absolute atomic E-state index is 12.5. The molecule has 0 aliphatic carbocycles. The van der Waals surface area contributed by atoms with Crippen molar-refractivity contribution in [1.29, 1.82) is 0 Å². The van der Waals surface area contributed by atoms with Gasteiger partial charge in [0.05, 0.1) is 10.2 Å². The van der Waals surface area contributed by atoms with E-state index in [0.717, 1.165) is 44.8 Å². The second-order valence-electron chi connectivity index (χ2n) is 7.03. The summed E-state index contributed by atoms with van der Waals surface area (Å²) in [5.41, 5.74) is 3.20. The Bertz CT molecular complexity index is 1010. The summed E-state index contributed by atoms with van der Waals surface area (Å²) < 4.78 is 6.83. The molecule has 0 unspecified atom stereocenters. The molecule has 0 spiro atoms. The Hall–Kier alpha value is -2.31. The van der Waals surface area contributed by atoms with E-state index in [0.29, 0.717) is 13.1 Å².